The summed E-state index contributed by atoms with van der Waals surface area (Å²) in [5.74, 6) is 1.43. The van der Waals surface area contributed by atoms with Gasteiger partial charge in [-0.25, -0.2) is 15.0 Å². The Labute approximate surface area is 265 Å². The molecule has 0 bridgehead atoms. The van der Waals surface area contributed by atoms with E-state index in [0.717, 1.165) is 47.1 Å². The summed E-state index contributed by atoms with van der Waals surface area (Å²) in [4.78, 5) is 29.1. The van der Waals surface area contributed by atoms with Gasteiger partial charge in [0.15, 0.2) is 17.0 Å². The van der Waals surface area contributed by atoms with Crippen LogP contribution in [0.4, 0.5) is 11.5 Å². The minimum atomic E-state index is 0.0737. The zero-order valence-corrected chi connectivity index (χ0v) is 26.0. The second kappa shape index (κ2) is 12.2. The van der Waals surface area contributed by atoms with Crippen molar-refractivity contribution in [3.05, 3.63) is 78.4 Å². The number of hydrogen-bond donors (Lipinski definition) is 3. The smallest absolute Gasteiger partial charge is 0.224 e. The highest BCUT2D eigenvalue weighted by atomic mass is 16.1. The Balaban J connectivity index is 0.838. The first-order valence-electron chi connectivity index (χ1n) is 16.9. The van der Waals surface area contributed by atoms with Crippen LogP contribution in [-0.2, 0) is 11.2 Å². The molecule has 9 nitrogen and oxygen atoms in total. The van der Waals surface area contributed by atoms with E-state index in [1.807, 2.05) is 36.7 Å². The van der Waals surface area contributed by atoms with Crippen LogP contribution >= 0.6 is 0 Å². The minimum Gasteiger partial charge on any atom is -0.353 e. The van der Waals surface area contributed by atoms with Crippen molar-refractivity contribution in [2.45, 2.75) is 81.8 Å². The fourth-order valence-corrected chi connectivity index (χ4v) is 8.34. The predicted molar refractivity (Wildman–Crippen MR) is 177 cm³/mol. The molecule has 4 fully saturated rings. The van der Waals surface area contributed by atoms with Crippen molar-refractivity contribution in [1.82, 2.24) is 35.1 Å². The number of anilines is 2. The average molecular weight is 605 g/mol. The lowest BCUT2D eigenvalue weighted by atomic mass is 9.60. The first kappa shape index (κ1) is 28.6. The normalized spacial score (nSPS) is 23.8. The van der Waals surface area contributed by atoms with Gasteiger partial charge in [0.1, 0.15) is 6.33 Å². The highest BCUT2D eigenvalue weighted by Crippen LogP contribution is 2.50. The number of nitrogens with zero attached hydrogens (tertiary/aromatic N) is 5. The van der Waals surface area contributed by atoms with Crippen molar-refractivity contribution in [3.8, 4) is 0 Å². The number of rotatable bonds is 8. The van der Waals surface area contributed by atoms with E-state index < -0.39 is 0 Å². The molecule has 9 heteroatoms. The van der Waals surface area contributed by atoms with Crippen molar-refractivity contribution in [3.63, 3.8) is 0 Å². The molecule has 8 rings (SSSR count). The molecule has 2 aliphatic heterocycles. The third-order valence-electron chi connectivity index (χ3n) is 11.1. The molecule has 0 atom stereocenters. The summed E-state index contributed by atoms with van der Waals surface area (Å²) in [5, 5.41) is 10.2. The zero-order valence-electron chi connectivity index (χ0n) is 26.0. The highest BCUT2D eigenvalue weighted by molar-refractivity contribution is 5.85. The van der Waals surface area contributed by atoms with Gasteiger partial charge in [0.2, 0.25) is 5.91 Å². The maximum atomic E-state index is 12.5. The SMILES string of the molecule is O=C(Cc1ccccc1)NC1CC(n2cnc3c(Nc4ccc(C5CCN(C6CC7(CCNCC7)C6)CC5)cc4)ncnc32)C1. The summed E-state index contributed by atoms with van der Waals surface area (Å²) in [6.07, 6.45) is 13.7. The van der Waals surface area contributed by atoms with Gasteiger partial charge in [-0.3, -0.25) is 4.79 Å². The van der Waals surface area contributed by atoms with Gasteiger partial charge in [0.25, 0.3) is 0 Å². The number of nitrogens with one attached hydrogen (secondary N) is 3. The molecule has 2 aliphatic carbocycles. The molecule has 2 aromatic heterocycles. The van der Waals surface area contributed by atoms with E-state index in [4.69, 9.17) is 4.98 Å². The van der Waals surface area contributed by atoms with Crippen molar-refractivity contribution >= 4 is 28.6 Å². The number of aromatic nitrogens is 4. The Morgan fingerprint density at radius 2 is 1.67 bits per heavy atom. The summed E-state index contributed by atoms with van der Waals surface area (Å²) in [7, 11) is 0. The quantitative estimate of drug-likeness (QED) is 0.250. The molecule has 3 N–H and O–H groups in total. The largest absolute Gasteiger partial charge is 0.353 e. The van der Waals surface area contributed by atoms with Crippen LogP contribution in [0.1, 0.15) is 74.5 Å². The van der Waals surface area contributed by atoms with Crippen LogP contribution < -0.4 is 16.0 Å². The third-order valence-corrected chi connectivity index (χ3v) is 11.1. The number of fused-ring (bicyclic) bond motifs is 1. The van der Waals surface area contributed by atoms with Crippen LogP contribution in [0.25, 0.3) is 11.2 Å². The lowest BCUT2D eigenvalue weighted by Gasteiger charge is -2.55. The van der Waals surface area contributed by atoms with Crippen molar-refractivity contribution in [2.75, 3.05) is 31.5 Å². The van der Waals surface area contributed by atoms with Gasteiger partial charge in [0, 0.05) is 23.8 Å². The number of likely N-dealkylation sites (tertiary alicyclic amines) is 1. The van der Waals surface area contributed by atoms with E-state index in [1.165, 1.54) is 70.3 Å². The molecule has 4 aromatic rings. The number of carbonyl (C=O) groups excluding carboxylic acids is 1. The van der Waals surface area contributed by atoms with Gasteiger partial charge in [-0.1, -0.05) is 42.5 Å². The number of piperidine rings is 2. The van der Waals surface area contributed by atoms with Crippen LogP contribution in [0, 0.1) is 5.41 Å². The topological polar surface area (TPSA) is 100 Å². The maximum Gasteiger partial charge on any atom is 0.224 e. The van der Waals surface area contributed by atoms with E-state index >= 15 is 0 Å². The van der Waals surface area contributed by atoms with Gasteiger partial charge in [-0.2, -0.15) is 0 Å². The van der Waals surface area contributed by atoms with Crippen LogP contribution in [0.15, 0.2) is 67.3 Å². The molecule has 4 heterocycles. The molecule has 2 saturated heterocycles. The van der Waals surface area contributed by atoms with Crippen LogP contribution in [0.3, 0.4) is 0 Å². The molecular formula is C36H44N8O. The first-order chi connectivity index (χ1) is 22.1. The summed E-state index contributed by atoms with van der Waals surface area (Å²) < 4.78 is 2.13. The van der Waals surface area contributed by atoms with Gasteiger partial charge < -0.3 is 25.4 Å². The molecule has 234 valence electrons. The molecule has 1 amide bonds. The molecule has 45 heavy (non-hydrogen) atoms. The third kappa shape index (κ3) is 5.95. The van der Waals surface area contributed by atoms with Gasteiger partial charge in [-0.05, 0) is 112 Å². The molecule has 1 spiro atoms. The standard InChI is InChI=1S/C36H44N8O/c45-32(18-25-4-2-1-3-5-25)41-29-19-30(20-29)44-24-40-33-34(38-23-39-35(33)44)42-28-8-6-26(7-9-28)27-10-16-43(17-11-27)31-21-36(22-31)12-14-37-15-13-36/h1-9,23-24,27,29-31,37H,10-22H2,(H,41,45)(H,38,39,42). The number of imidazole rings is 1. The zero-order chi connectivity index (χ0) is 30.2. The molecule has 2 aromatic carbocycles. The van der Waals surface area contributed by atoms with E-state index in [9.17, 15) is 4.79 Å². The fourth-order valence-electron chi connectivity index (χ4n) is 8.34. The van der Waals surface area contributed by atoms with Crippen LogP contribution in [0.5, 0.6) is 0 Å². The Morgan fingerprint density at radius 1 is 0.911 bits per heavy atom. The minimum absolute atomic E-state index is 0.0737. The summed E-state index contributed by atoms with van der Waals surface area (Å²) in [5.41, 5.74) is 5.74. The first-order valence-corrected chi connectivity index (χ1v) is 16.9. The maximum absolute atomic E-state index is 12.5. The van der Waals surface area contributed by atoms with Gasteiger partial charge in [0.05, 0.1) is 12.7 Å². The second-order valence-electron chi connectivity index (χ2n) is 14.0. The Morgan fingerprint density at radius 3 is 2.42 bits per heavy atom. The number of benzene rings is 2. The number of amides is 1. The molecular weight excluding hydrogens is 560 g/mol. The lowest BCUT2D eigenvalue weighted by molar-refractivity contribution is -0.121. The van der Waals surface area contributed by atoms with Gasteiger partial charge >= 0.3 is 0 Å². The summed E-state index contributed by atoms with van der Waals surface area (Å²) in [6, 6.07) is 20.1. The molecule has 0 unspecified atom stereocenters. The summed E-state index contributed by atoms with van der Waals surface area (Å²) in [6.45, 7) is 4.88. The fraction of sp³-hybridized carbons (Fsp3) is 0.500. The average Bonchev–Trinajstić information content (AvgIpc) is 3.47. The molecule has 0 radical (unpaired) electrons. The number of hydrogen-bond acceptors (Lipinski definition) is 7. The van der Waals surface area contributed by atoms with Crippen LogP contribution in [-0.4, -0.2) is 68.6 Å². The van der Waals surface area contributed by atoms with E-state index in [-0.39, 0.29) is 18.0 Å². The summed E-state index contributed by atoms with van der Waals surface area (Å²) >= 11 is 0. The molecule has 2 saturated carbocycles. The van der Waals surface area contributed by atoms with Crippen molar-refractivity contribution < 1.29 is 4.79 Å². The van der Waals surface area contributed by atoms with E-state index in [2.05, 4.69) is 59.7 Å². The van der Waals surface area contributed by atoms with E-state index in [0.29, 0.717) is 17.8 Å². The molecule has 4 aliphatic rings. The monoisotopic (exact) mass is 604 g/mol. The number of carbonyl (C=O) groups is 1. The van der Waals surface area contributed by atoms with Gasteiger partial charge in [-0.15, -0.1) is 0 Å². The second-order valence-corrected chi connectivity index (χ2v) is 14.0. The lowest BCUT2D eigenvalue weighted by Crippen LogP contribution is -2.55. The predicted octanol–water partition coefficient (Wildman–Crippen LogP) is 5.34. The van der Waals surface area contributed by atoms with Crippen molar-refractivity contribution in [1.29, 1.82) is 0 Å². The Hall–Kier alpha value is -3.82. The van der Waals surface area contributed by atoms with E-state index in [1.54, 1.807) is 6.33 Å². The Bertz CT molecular complexity index is 1610. The Kier molecular flexibility index (Phi) is 7.75. The highest BCUT2D eigenvalue weighted by Gasteiger charge is 2.47. The van der Waals surface area contributed by atoms with Crippen molar-refractivity contribution in [2.24, 2.45) is 5.41 Å². The van der Waals surface area contributed by atoms with Crippen LogP contribution in [0.2, 0.25) is 0 Å².